The maximum Gasteiger partial charge on any atom is 0.228 e. The molecule has 0 aromatic heterocycles. The van der Waals surface area contributed by atoms with Gasteiger partial charge in [0.25, 0.3) is 0 Å². The third-order valence-electron chi connectivity index (χ3n) is 4.60. The number of carbonyl (C=O) groups excluding carboxylic acids is 1. The molecule has 4 nitrogen and oxygen atoms in total. The van der Waals surface area contributed by atoms with E-state index in [-0.39, 0.29) is 23.0 Å². The van der Waals surface area contributed by atoms with Gasteiger partial charge in [0.2, 0.25) is 5.91 Å². The second-order valence-corrected chi connectivity index (χ2v) is 8.86. The molecule has 3 rings (SSSR count). The Morgan fingerprint density at radius 3 is 2.56 bits per heavy atom. The molecule has 0 N–H and O–H groups in total. The topological polar surface area (TPSA) is 54.5 Å². The van der Waals surface area contributed by atoms with E-state index in [1.165, 1.54) is 12.1 Å². The number of hydrogen-bond donors (Lipinski definition) is 0. The first kappa shape index (κ1) is 18.0. The summed E-state index contributed by atoms with van der Waals surface area (Å²) in [5.74, 6) is 0.0387. The van der Waals surface area contributed by atoms with Gasteiger partial charge in [-0.2, -0.15) is 0 Å². The Morgan fingerprint density at radius 1 is 1.16 bits per heavy atom. The molecule has 0 spiro atoms. The molecule has 1 amide bonds. The Balaban J connectivity index is 1.73. The van der Waals surface area contributed by atoms with E-state index in [0.29, 0.717) is 17.5 Å². The third-order valence-corrected chi connectivity index (χ3v) is 6.59. The second-order valence-electron chi connectivity index (χ2n) is 6.32. The van der Waals surface area contributed by atoms with Crippen LogP contribution in [-0.4, -0.2) is 26.6 Å². The molecular weight excluding hydrogens is 358 g/mol. The number of anilines is 1. The Bertz CT molecular complexity index is 878. The van der Waals surface area contributed by atoms with Crippen LogP contribution in [0.2, 0.25) is 5.02 Å². The minimum Gasteiger partial charge on any atom is -0.312 e. The number of nitrogens with zero attached hydrogens (tertiary/aromatic N) is 1. The Kier molecular flexibility index (Phi) is 5.16. The largest absolute Gasteiger partial charge is 0.312 e. The summed E-state index contributed by atoms with van der Waals surface area (Å²) in [5, 5.41) is 0.481. The zero-order chi connectivity index (χ0) is 18.0. The van der Waals surface area contributed by atoms with Crippen molar-refractivity contribution >= 4 is 33.0 Å². The number of carbonyl (C=O) groups is 1. The molecule has 6 heteroatoms. The number of rotatable bonds is 4. The maximum absolute atomic E-state index is 12.6. The highest BCUT2D eigenvalue weighted by atomic mass is 35.5. The van der Waals surface area contributed by atoms with Crippen molar-refractivity contribution in [2.45, 2.75) is 30.6 Å². The fourth-order valence-corrected chi connectivity index (χ4v) is 4.48. The van der Waals surface area contributed by atoms with Gasteiger partial charge in [0.05, 0.1) is 10.6 Å². The van der Waals surface area contributed by atoms with Crippen LogP contribution in [-0.2, 0) is 14.6 Å². The van der Waals surface area contributed by atoms with Gasteiger partial charge in [-0.25, -0.2) is 8.42 Å². The quantitative estimate of drug-likeness (QED) is 0.807. The molecule has 1 heterocycles. The first-order valence-electron chi connectivity index (χ1n) is 8.26. The van der Waals surface area contributed by atoms with Gasteiger partial charge in [-0.3, -0.25) is 4.79 Å². The highest BCUT2D eigenvalue weighted by molar-refractivity contribution is 7.91. The highest BCUT2D eigenvalue weighted by Gasteiger charge is 2.27. The first-order chi connectivity index (χ1) is 11.9. The molecule has 0 saturated carbocycles. The van der Waals surface area contributed by atoms with Crippen LogP contribution in [0, 0.1) is 0 Å². The minimum absolute atomic E-state index is 0.0341. The molecule has 0 saturated heterocycles. The minimum atomic E-state index is -3.51. The van der Waals surface area contributed by atoms with Crippen molar-refractivity contribution in [2.75, 3.05) is 17.2 Å². The summed E-state index contributed by atoms with van der Waals surface area (Å²) in [6.45, 7) is 2.77. The average molecular weight is 378 g/mol. The summed E-state index contributed by atoms with van der Waals surface area (Å²) in [7, 11) is -3.51. The lowest BCUT2D eigenvalue weighted by atomic mass is 9.91. The zero-order valence-electron chi connectivity index (χ0n) is 14.0. The predicted octanol–water partition coefficient (Wildman–Crippen LogP) is 4.04. The predicted molar refractivity (Wildman–Crippen MR) is 99.9 cm³/mol. The zero-order valence-corrected chi connectivity index (χ0v) is 15.6. The Hall–Kier alpha value is -1.85. The lowest BCUT2D eigenvalue weighted by Crippen LogP contribution is -2.37. The van der Waals surface area contributed by atoms with Gasteiger partial charge >= 0.3 is 0 Å². The molecule has 0 radical (unpaired) electrons. The van der Waals surface area contributed by atoms with Crippen molar-refractivity contribution in [3.63, 3.8) is 0 Å². The van der Waals surface area contributed by atoms with Crippen molar-refractivity contribution in [3.05, 3.63) is 59.1 Å². The molecular formula is C19H20ClNO3S. The molecule has 2 aromatic rings. The Labute approximate surface area is 153 Å². The summed E-state index contributed by atoms with van der Waals surface area (Å²) >= 11 is 5.79. The van der Waals surface area contributed by atoms with Crippen LogP contribution < -0.4 is 4.90 Å². The summed E-state index contributed by atoms with van der Waals surface area (Å²) < 4.78 is 24.8. The summed E-state index contributed by atoms with van der Waals surface area (Å²) in [6.07, 6.45) is 0.848. The lowest BCUT2D eigenvalue weighted by Gasteiger charge is -2.33. The lowest BCUT2D eigenvalue weighted by molar-refractivity contribution is -0.118. The Morgan fingerprint density at radius 2 is 1.84 bits per heavy atom. The molecule has 1 aliphatic heterocycles. The van der Waals surface area contributed by atoms with Crippen molar-refractivity contribution in [1.29, 1.82) is 0 Å². The normalized spacial score (nSPS) is 17.2. The van der Waals surface area contributed by atoms with Crippen molar-refractivity contribution in [3.8, 4) is 0 Å². The number of para-hydroxylation sites is 1. The molecule has 0 fully saturated rings. The van der Waals surface area contributed by atoms with Gasteiger partial charge in [-0.15, -0.1) is 0 Å². The van der Waals surface area contributed by atoms with Gasteiger partial charge in [0.15, 0.2) is 9.84 Å². The van der Waals surface area contributed by atoms with E-state index in [1.54, 1.807) is 17.0 Å². The second kappa shape index (κ2) is 7.18. The van der Waals surface area contributed by atoms with Gasteiger partial charge in [-0.1, -0.05) is 36.7 Å². The fraction of sp³-hybridized carbons (Fsp3) is 0.316. The van der Waals surface area contributed by atoms with E-state index in [0.717, 1.165) is 17.7 Å². The monoisotopic (exact) mass is 377 g/mol. The van der Waals surface area contributed by atoms with E-state index in [9.17, 15) is 13.2 Å². The molecule has 1 aliphatic rings. The molecule has 2 aromatic carbocycles. The molecule has 1 unspecified atom stereocenters. The van der Waals surface area contributed by atoms with Crippen LogP contribution in [0.5, 0.6) is 0 Å². The van der Waals surface area contributed by atoms with Crippen molar-refractivity contribution in [1.82, 2.24) is 0 Å². The van der Waals surface area contributed by atoms with Crippen LogP contribution in [0.1, 0.15) is 31.2 Å². The number of amides is 1. The number of fused-ring (bicyclic) bond motifs is 1. The van der Waals surface area contributed by atoms with Crippen LogP contribution in [0.25, 0.3) is 0 Å². The third kappa shape index (κ3) is 3.88. The highest BCUT2D eigenvalue weighted by Crippen LogP contribution is 2.35. The average Bonchev–Trinajstić information content (AvgIpc) is 2.61. The van der Waals surface area contributed by atoms with Gasteiger partial charge in [-0.05, 0) is 48.2 Å². The smallest absolute Gasteiger partial charge is 0.228 e. The molecule has 0 aliphatic carbocycles. The molecule has 1 atom stereocenters. The van der Waals surface area contributed by atoms with E-state index in [1.807, 2.05) is 24.3 Å². The van der Waals surface area contributed by atoms with Crippen LogP contribution in [0.15, 0.2) is 53.4 Å². The standard InChI is InChI=1S/C19H20ClNO3S/c1-14-10-12-21(18-5-3-2-4-17(14)18)19(22)11-13-25(23,24)16-8-6-15(20)7-9-16/h2-9,14H,10-13H2,1H3. The summed E-state index contributed by atoms with van der Waals surface area (Å²) in [6, 6.07) is 13.9. The summed E-state index contributed by atoms with van der Waals surface area (Å²) in [5.41, 5.74) is 2.04. The number of sulfone groups is 1. The van der Waals surface area contributed by atoms with E-state index < -0.39 is 9.84 Å². The van der Waals surface area contributed by atoms with Crippen molar-refractivity contribution < 1.29 is 13.2 Å². The van der Waals surface area contributed by atoms with Crippen LogP contribution >= 0.6 is 11.6 Å². The van der Waals surface area contributed by atoms with Crippen LogP contribution in [0.3, 0.4) is 0 Å². The molecule has 25 heavy (non-hydrogen) atoms. The van der Waals surface area contributed by atoms with Gasteiger partial charge in [0.1, 0.15) is 0 Å². The SMILES string of the molecule is CC1CCN(C(=O)CCS(=O)(=O)c2ccc(Cl)cc2)c2ccccc21. The number of hydrogen-bond acceptors (Lipinski definition) is 3. The number of halogens is 1. The van der Waals surface area contributed by atoms with Gasteiger partial charge < -0.3 is 4.90 Å². The van der Waals surface area contributed by atoms with E-state index >= 15 is 0 Å². The maximum atomic E-state index is 12.6. The van der Waals surface area contributed by atoms with Crippen molar-refractivity contribution in [2.24, 2.45) is 0 Å². The number of benzene rings is 2. The summed E-state index contributed by atoms with van der Waals surface area (Å²) in [4.78, 5) is 14.5. The molecule has 0 bridgehead atoms. The molecule has 132 valence electrons. The van der Waals surface area contributed by atoms with Gasteiger partial charge in [0, 0.05) is 23.7 Å². The first-order valence-corrected chi connectivity index (χ1v) is 10.3. The fourth-order valence-electron chi connectivity index (χ4n) is 3.12. The van der Waals surface area contributed by atoms with Crippen LogP contribution in [0.4, 0.5) is 5.69 Å². The van der Waals surface area contributed by atoms with E-state index in [2.05, 4.69) is 6.92 Å². The van der Waals surface area contributed by atoms with E-state index in [4.69, 9.17) is 11.6 Å².